The summed E-state index contributed by atoms with van der Waals surface area (Å²) >= 11 is 0. The maximum Gasteiger partial charge on any atom is 0.0538 e. The van der Waals surface area contributed by atoms with Gasteiger partial charge in [-0.3, -0.25) is 4.68 Å². The Kier molecular flexibility index (Phi) is 4.63. The molecule has 1 atom stereocenters. The summed E-state index contributed by atoms with van der Waals surface area (Å²) in [6.45, 7) is 3.29. The Morgan fingerprint density at radius 1 is 1.42 bits per heavy atom. The van der Waals surface area contributed by atoms with Crippen LogP contribution in [0, 0.1) is 0 Å². The molecule has 1 aliphatic rings. The van der Waals surface area contributed by atoms with Gasteiger partial charge < -0.3 is 10.2 Å². The third-order valence-electron chi connectivity index (χ3n) is 4.55. The van der Waals surface area contributed by atoms with Crippen LogP contribution in [-0.2, 0) is 7.05 Å². The van der Waals surface area contributed by atoms with Gasteiger partial charge >= 0.3 is 0 Å². The quantitative estimate of drug-likeness (QED) is 0.856. The van der Waals surface area contributed by atoms with Gasteiger partial charge in [0.15, 0.2) is 0 Å². The fraction of sp³-hybridized carbons (Fsp3) is 0.800. The van der Waals surface area contributed by atoms with Crippen LogP contribution in [0.1, 0.15) is 50.6 Å². The first kappa shape index (κ1) is 14.5. The van der Waals surface area contributed by atoms with Gasteiger partial charge in [0.1, 0.15) is 0 Å². The summed E-state index contributed by atoms with van der Waals surface area (Å²) in [6, 6.07) is 0.388. The van der Waals surface area contributed by atoms with E-state index in [4.69, 9.17) is 0 Å². The molecule has 0 bridgehead atoms. The molecule has 0 spiro atoms. The molecular formula is C15H28N4. The number of hydrogen-bond donors (Lipinski definition) is 1. The summed E-state index contributed by atoms with van der Waals surface area (Å²) in [4.78, 5) is 2.43. The van der Waals surface area contributed by atoms with E-state index in [1.807, 2.05) is 17.9 Å². The summed E-state index contributed by atoms with van der Waals surface area (Å²) in [6.07, 6.45) is 10.6. The summed E-state index contributed by atoms with van der Waals surface area (Å²) < 4.78 is 1.91. The van der Waals surface area contributed by atoms with E-state index in [-0.39, 0.29) is 5.54 Å². The maximum atomic E-state index is 4.37. The van der Waals surface area contributed by atoms with Crippen molar-refractivity contribution in [1.29, 1.82) is 0 Å². The van der Waals surface area contributed by atoms with Gasteiger partial charge in [-0.05, 0) is 39.9 Å². The van der Waals surface area contributed by atoms with Crippen LogP contribution < -0.4 is 5.32 Å². The van der Waals surface area contributed by atoms with Crippen LogP contribution in [0.5, 0.6) is 0 Å². The SMILES string of the molecule is CCCNC(c1cnn(C)c1)C1(N(C)C)CCCC1. The summed E-state index contributed by atoms with van der Waals surface area (Å²) in [7, 11) is 6.45. The highest BCUT2D eigenvalue weighted by Crippen LogP contribution is 2.43. The van der Waals surface area contributed by atoms with Gasteiger partial charge in [-0.1, -0.05) is 19.8 Å². The molecule has 1 aromatic heterocycles. The number of aromatic nitrogens is 2. The molecule has 1 aromatic rings. The highest BCUT2D eigenvalue weighted by Gasteiger charge is 2.44. The van der Waals surface area contributed by atoms with Crippen molar-refractivity contribution in [3.63, 3.8) is 0 Å². The van der Waals surface area contributed by atoms with Gasteiger partial charge in [-0.15, -0.1) is 0 Å². The van der Waals surface area contributed by atoms with E-state index in [9.17, 15) is 0 Å². The van der Waals surface area contributed by atoms with Crippen molar-refractivity contribution < 1.29 is 0 Å². The summed E-state index contributed by atoms with van der Waals surface area (Å²) in [5.74, 6) is 0. The average molecular weight is 264 g/mol. The van der Waals surface area contributed by atoms with Gasteiger partial charge in [-0.2, -0.15) is 5.10 Å². The lowest BCUT2D eigenvalue weighted by Gasteiger charge is -2.43. The van der Waals surface area contributed by atoms with E-state index < -0.39 is 0 Å². The molecule has 1 saturated carbocycles. The second-order valence-corrected chi connectivity index (χ2v) is 6.04. The molecule has 0 amide bonds. The van der Waals surface area contributed by atoms with Crippen molar-refractivity contribution in [3.8, 4) is 0 Å². The molecule has 108 valence electrons. The maximum absolute atomic E-state index is 4.37. The minimum atomic E-state index is 0.248. The van der Waals surface area contributed by atoms with E-state index in [2.05, 4.69) is 42.5 Å². The van der Waals surface area contributed by atoms with Crippen LogP contribution in [0.25, 0.3) is 0 Å². The zero-order chi connectivity index (χ0) is 13.9. The Hall–Kier alpha value is -0.870. The van der Waals surface area contributed by atoms with E-state index in [0.717, 1.165) is 6.54 Å². The van der Waals surface area contributed by atoms with Crippen LogP contribution in [0.15, 0.2) is 12.4 Å². The number of nitrogens with zero attached hydrogens (tertiary/aromatic N) is 3. The van der Waals surface area contributed by atoms with Gasteiger partial charge in [0, 0.05) is 24.3 Å². The highest BCUT2D eigenvalue weighted by molar-refractivity contribution is 5.19. The molecule has 4 heteroatoms. The predicted octanol–water partition coefficient (Wildman–Crippen LogP) is 2.34. The summed E-state index contributed by atoms with van der Waals surface area (Å²) in [5.41, 5.74) is 1.57. The Morgan fingerprint density at radius 2 is 2.11 bits per heavy atom. The molecule has 0 radical (unpaired) electrons. The fourth-order valence-electron chi connectivity index (χ4n) is 3.48. The van der Waals surface area contributed by atoms with Crippen LogP contribution in [-0.4, -0.2) is 40.9 Å². The highest BCUT2D eigenvalue weighted by atomic mass is 15.3. The number of aryl methyl sites for hydroxylation is 1. The third kappa shape index (κ3) is 2.84. The second-order valence-electron chi connectivity index (χ2n) is 6.04. The molecule has 1 unspecified atom stereocenters. The van der Waals surface area contributed by atoms with Crippen molar-refractivity contribution in [2.45, 2.75) is 50.6 Å². The monoisotopic (exact) mass is 264 g/mol. The molecule has 0 saturated heterocycles. The van der Waals surface area contributed by atoms with Crippen LogP contribution in [0.2, 0.25) is 0 Å². The number of hydrogen-bond acceptors (Lipinski definition) is 3. The van der Waals surface area contributed by atoms with E-state index in [0.29, 0.717) is 6.04 Å². The van der Waals surface area contributed by atoms with Crippen molar-refractivity contribution in [1.82, 2.24) is 20.0 Å². The van der Waals surface area contributed by atoms with Gasteiger partial charge in [0.2, 0.25) is 0 Å². The Balaban J connectivity index is 2.30. The normalized spacial score (nSPS) is 20.1. The molecule has 2 rings (SSSR count). The number of likely N-dealkylation sites (N-methyl/N-ethyl adjacent to an activating group) is 1. The van der Waals surface area contributed by atoms with Crippen molar-refractivity contribution in [2.75, 3.05) is 20.6 Å². The molecule has 0 aliphatic heterocycles. The molecule has 0 aromatic carbocycles. The minimum absolute atomic E-state index is 0.248. The Morgan fingerprint density at radius 3 is 2.58 bits per heavy atom. The van der Waals surface area contributed by atoms with E-state index in [1.54, 1.807) is 0 Å². The molecule has 1 fully saturated rings. The smallest absolute Gasteiger partial charge is 0.0538 e. The van der Waals surface area contributed by atoms with Crippen molar-refractivity contribution in [3.05, 3.63) is 18.0 Å². The van der Waals surface area contributed by atoms with Crippen LogP contribution >= 0.6 is 0 Å². The Labute approximate surface area is 117 Å². The van der Waals surface area contributed by atoms with Crippen molar-refractivity contribution in [2.24, 2.45) is 7.05 Å². The molecule has 19 heavy (non-hydrogen) atoms. The number of nitrogens with one attached hydrogen (secondary N) is 1. The van der Waals surface area contributed by atoms with Crippen LogP contribution in [0.4, 0.5) is 0 Å². The second kappa shape index (κ2) is 6.06. The lowest BCUT2D eigenvalue weighted by molar-refractivity contribution is 0.104. The summed E-state index contributed by atoms with van der Waals surface area (Å²) in [5, 5.41) is 8.13. The van der Waals surface area contributed by atoms with Gasteiger partial charge in [0.05, 0.1) is 12.2 Å². The lowest BCUT2D eigenvalue weighted by Crippen LogP contribution is -2.52. The third-order valence-corrected chi connectivity index (χ3v) is 4.55. The first-order valence-corrected chi connectivity index (χ1v) is 7.49. The number of rotatable bonds is 6. The fourth-order valence-corrected chi connectivity index (χ4v) is 3.48. The zero-order valence-electron chi connectivity index (χ0n) is 12.8. The largest absolute Gasteiger partial charge is 0.308 e. The zero-order valence-corrected chi connectivity index (χ0v) is 12.8. The standard InChI is InChI=1S/C15H28N4/c1-5-10-16-14(13-11-17-19(4)12-13)15(18(2)3)8-6-7-9-15/h11-12,14,16H,5-10H2,1-4H3. The predicted molar refractivity (Wildman–Crippen MR) is 79.1 cm³/mol. The molecule has 1 aliphatic carbocycles. The van der Waals surface area contributed by atoms with E-state index >= 15 is 0 Å². The molecular weight excluding hydrogens is 236 g/mol. The first-order chi connectivity index (χ1) is 9.10. The lowest BCUT2D eigenvalue weighted by atomic mass is 9.83. The molecule has 4 nitrogen and oxygen atoms in total. The topological polar surface area (TPSA) is 33.1 Å². The van der Waals surface area contributed by atoms with Crippen molar-refractivity contribution >= 4 is 0 Å². The van der Waals surface area contributed by atoms with E-state index in [1.165, 1.54) is 37.7 Å². The van der Waals surface area contributed by atoms with Crippen LogP contribution in [0.3, 0.4) is 0 Å². The minimum Gasteiger partial charge on any atom is -0.308 e. The Bertz CT molecular complexity index is 391. The van der Waals surface area contributed by atoms with Gasteiger partial charge in [-0.25, -0.2) is 0 Å². The van der Waals surface area contributed by atoms with Gasteiger partial charge in [0.25, 0.3) is 0 Å². The first-order valence-electron chi connectivity index (χ1n) is 7.49. The molecule has 1 heterocycles. The average Bonchev–Trinajstić information content (AvgIpc) is 3.00. The molecule has 1 N–H and O–H groups in total.